The van der Waals surface area contributed by atoms with Gasteiger partial charge in [0.05, 0.1) is 0 Å². The third-order valence-electron chi connectivity index (χ3n) is 4.31. The molecule has 0 saturated carbocycles. The topological polar surface area (TPSA) is 66.5 Å². The normalized spacial score (nSPS) is 14.1. The van der Waals surface area contributed by atoms with Crippen molar-refractivity contribution in [1.29, 1.82) is 0 Å². The largest absolute Gasteiger partial charge is 0.308 e. The van der Waals surface area contributed by atoms with Gasteiger partial charge < -0.3 is 4.90 Å². The van der Waals surface area contributed by atoms with Crippen molar-refractivity contribution in [3.05, 3.63) is 71.8 Å². The van der Waals surface area contributed by atoms with Gasteiger partial charge in [-0.1, -0.05) is 18.2 Å². The Morgan fingerprint density at radius 1 is 1.15 bits per heavy atom. The van der Waals surface area contributed by atoms with Gasteiger partial charge in [0.1, 0.15) is 16.5 Å². The predicted molar refractivity (Wildman–Crippen MR) is 97.7 cm³/mol. The molecule has 8 heteroatoms. The van der Waals surface area contributed by atoms with Crippen LogP contribution in [0, 0.1) is 11.6 Å². The molecule has 0 aliphatic carbocycles. The predicted octanol–water partition coefficient (Wildman–Crippen LogP) is 2.91. The van der Waals surface area contributed by atoms with Crippen LogP contribution in [0.5, 0.6) is 0 Å². The Morgan fingerprint density at radius 2 is 1.93 bits per heavy atom. The minimum Gasteiger partial charge on any atom is -0.308 e. The summed E-state index contributed by atoms with van der Waals surface area (Å²) in [5.74, 6) is -1.98. The number of hydrogen-bond acceptors (Lipinski definition) is 3. The molecule has 27 heavy (non-hydrogen) atoms. The molecule has 0 atom stereocenters. The van der Waals surface area contributed by atoms with Crippen molar-refractivity contribution in [1.82, 2.24) is 4.72 Å². The van der Waals surface area contributed by atoms with E-state index in [1.54, 1.807) is 23.1 Å². The first-order chi connectivity index (χ1) is 12.8. The summed E-state index contributed by atoms with van der Waals surface area (Å²) in [7, 11) is -4.12. The summed E-state index contributed by atoms with van der Waals surface area (Å²) >= 11 is 0. The maximum atomic E-state index is 13.7. The fourth-order valence-electron chi connectivity index (χ4n) is 3.00. The van der Waals surface area contributed by atoms with Gasteiger partial charge >= 0.3 is 0 Å². The highest BCUT2D eigenvalue weighted by molar-refractivity contribution is 7.89. The van der Waals surface area contributed by atoms with Crippen LogP contribution in [0.3, 0.4) is 0 Å². The van der Waals surface area contributed by atoms with Crippen LogP contribution in [-0.4, -0.2) is 20.9 Å². The van der Waals surface area contributed by atoms with Gasteiger partial charge in [-0.25, -0.2) is 21.9 Å². The lowest BCUT2D eigenvalue weighted by molar-refractivity contribution is -0.118. The van der Waals surface area contributed by atoms with E-state index >= 15 is 0 Å². The van der Waals surface area contributed by atoms with Crippen molar-refractivity contribution < 1.29 is 22.0 Å². The lowest BCUT2D eigenvalue weighted by Gasteiger charge is -2.29. The van der Waals surface area contributed by atoms with E-state index in [-0.39, 0.29) is 12.5 Å². The van der Waals surface area contributed by atoms with Gasteiger partial charge in [-0.15, -0.1) is 6.58 Å². The summed E-state index contributed by atoms with van der Waals surface area (Å²) in [6, 6.07) is 7.59. The standard InChI is InChI=1S/C19H18F2N2O3S/c1-2-9-23-17-6-3-13(10-14(17)4-8-19(23)24)12-22-27(25,26)18-7-5-15(20)11-16(18)21/h2-3,5-7,10-11,22H,1,4,8-9,12H2. The number of sulfonamides is 1. The van der Waals surface area contributed by atoms with Crippen molar-refractivity contribution in [3.63, 3.8) is 0 Å². The molecule has 1 heterocycles. The lowest BCUT2D eigenvalue weighted by Crippen LogP contribution is -2.35. The summed E-state index contributed by atoms with van der Waals surface area (Å²) in [5.41, 5.74) is 2.39. The molecule has 1 aliphatic heterocycles. The van der Waals surface area contributed by atoms with Gasteiger partial charge in [-0.3, -0.25) is 4.79 Å². The zero-order valence-electron chi connectivity index (χ0n) is 14.4. The van der Waals surface area contributed by atoms with Crippen molar-refractivity contribution in [2.75, 3.05) is 11.4 Å². The molecule has 0 fully saturated rings. The van der Waals surface area contributed by atoms with Gasteiger partial charge in [0.15, 0.2) is 0 Å². The first-order valence-corrected chi connectivity index (χ1v) is 9.78. The Hall–Kier alpha value is -2.58. The molecule has 1 N–H and O–H groups in total. The average molecular weight is 392 g/mol. The Labute approximate surface area is 156 Å². The van der Waals surface area contributed by atoms with Crippen LogP contribution in [0.4, 0.5) is 14.5 Å². The molecule has 3 rings (SSSR count). The summed E-state index contributed by atoms with van der Waals surface area (Å²) < 4.78 is 53.6. The molecule has 2 aromatic carbocycles. The molecule has 5 nitrogen and oxygen atoms in total. The van der Waals surface area contributed by atoms with E-state index < -0.39 is 26.6 Å². The van der Waals surface area contributed by atoms with Crippen LogP contribution in [-0.2, 0) is 27.8 Å². The minimum atomic E-state index is -4.12. The van der Waals surface area contributed by atoms with Crippen molar-refractivity contribution in [2.45, 2.75) is 24.3 Å². The molecular weight excluding hydrogens is 374 g/mol. The molecule has 0 spiro atoms. The molecule has 0 unspecified atom stereocenters. The zero-order valence-corrected chi connectivity index (χ0v) is 15.2. The summed E-state index contributed by atoms with van der Waals surface area (Å²) in [6.07, 6.45) is 2.58. The highest BCUT2D eigenvalue weighted by Gasteiger charge is 2.24. The quantitative estimate of drug-likeness (QED) is 0.769. The Kier molecular flexibility index (Phi) is 5.38. The van der Waals surface area contributed by atoms with Gasteiger partial charge in [0.2, 0.25) is 15.9 Å². The number of aryl methyl sites for hydroxylation is 1. The highest BCUT2D eigenvalue weighted by Crippen LogP contribution is 2.29. The molecule has 0 saturated heterocycles. The number of carbonyl (C=O) groups excluding carboxylic acids is 1. The van der Waals surface area contributed by atoms with Crippen molar-refractivity contribution in [2.24, 2.45) is 0 Å². The number of rotatable bonds is 6. The fourth-order valence-corrected chi connectivity index (χ4v) is 4.08. The second kappa shape index (κ2) is 7.58. The number of nitrogens with one attached hydrogen (secondary N) is 1. The number of carbonyl (C=O) groups is 1. The fraction of sp³-hybridized carbons (Fsp3) is 0.211. The minimum absolute atomic E-state index is 0.0163. The number of halogens is 2. The van der Waals surface area contributed by atoms with E-state index in [0.29, 0.717) is 31.0 Å². The summed E-state index contributed by atoms with van der Waals surface area (Å²) in [4.78, 5) is 13.1. The molecule has 2 aromatic rings. The summed E-state index contributed by atoms with van der Waals surface area (Å²) in [6.45, 7) is 4.00. The van der Waals surface area contributed by atoms with E-state index in [2.05, 4.69) is 11.3 Å². The van der Waals surface area contributed by atoms with Crippen molar-refractivity contribution >= 4 is 21.6 Å². The van der Waals surface area contributed by atoms with Gasteiger partial charge in [0, 0.05) is 31.3 Å². The van der Waals surface area contributed by atoms with Crippen molar-refractivity contribution in [3.8, 4) is 0 Å². The number of fused-ring (bicyclic) bond motifs is 1. The Bertz CT molecular complexity index is 1010. The molecular formula is C19H18F2N2O3S. The van der Waals surface area contributed by atoms with Crippen LogP contribution < -0.4 is 9.62 Å². The van der Waals surface area contributed by atoms with E-state index in [0.717, 1.165) is 23.4 Å². The van der Waals surface area contributed by atoms with Crippen LogP contribution in [0.2, 0.25) is 0 Å². The smallest absolute Gasteiger partial charge is 0.243 e. The van der Waals surface area contributed by atoms with Crippen LogP contribution >= 0.6 is 0 Å². The molecule has 1 amide bonds. The van der Waals surface area contributed by atoms with Gasteiger partial charge in [-0.2, -0.15) is 0 Å². The maximum absolute atomic E-state index is 13.7. The zero-order chi connectivity index (χ0) is 19.6. The third kappa shape index (κ3) is 4.06. The van der Waals surface area contributed by atoms with Crippen LogP contribution in [0.1, 0.15) is 17.5 Å². The maximum Gasteiger partial charge on any atom is 0.243 e. The molecule has 0 radical (unpaired) electrons. The third-order valence-corrected chi connectivity index (χ3v) is 5.74. The van der Waals surface area contributed by atoms with E-state index in [1.165, 1.54) is 0 Å². The number of hydrogen-bond donors (Lipinski definition) is 1. The summed E-state index contributed by atoms with van der Waals surface area (Å²) in [5, 5.41) is 0. The Morgan fingerprint density at radius 3 is 2.63 bits per heavy atom. The van der Waals surface area contributed by atoms with E-state index in [9.17, 15) is 22.0 Å². The first-order valence-electron chi connectivity index (χ1n) is 8.29. The van der Waals surface area contributed by atoms with Crippen LogP contribution in [0.25, 0.3) is 0 Å². The van der Waals surface area contributed by atoms with Crippen LogP contribution in [0.15, 0.2) is 53.9 Å². The highest BCUT2D eigenvalue weighted by atomic mass is 32.2. The second-order valence-corrected chi connectivity index (χ2v) is 7.89. The molecule has 142 valence electrons. The second-order valence-electron chi connectivity index (χ2n) is 6.16. The molecule has 0 aromatic heterocycles. The van der Waals surface area contributed by atoms with Gasteiger partial charge in [0.25, 0.3) is 0 Å². The monoisotopic (exact) mass is 392 g/mol. The Balaban J connectivity index is 1.79. The van der Waals surface area contributed by atoms with Gasteiger partial charge in [-0.05, 0) is 35.7 Å². The molecule has 1 aliphatic rings. The first kappa shape index (κ1) is 19.2. The van der Waals surface area contributed by atoms with E-state index in [1.807, 2.05) is 6.07 Å². The number of benzene rings is 2. The number of nitrogens with zero attached hydrogens (tertiary/aromatic N) is 1. The SMILES string of the molecule is C=CCN1C(=O)CCc2cc(CNS(=O)(=O)c3ccc(F)cc3F)ccc21. The number of amides is 1. The van der Waals surface area contributed by atoms with E-state index in [4.69, 9.17) is 0 Å². The number of anilines is 1. The lowest BCUT2D eigenvalue weighted by atomic mass is 9.98. The average Bonchev–Trinajstić information content (AvgIpc) is 2.62. The molecule has 0 bridgehead atoms.